The molecule has 0 aliphatic heterocycles. The van der Waals surface area contributed by atoms with Gasteiger partial charge in [0.25, 0.3) is 0 Å². The van der Waals surface area contributed by atoms with E-state index in [2.05, 4.69) is 9.97 Å². The lowest BCUT2D eigenvalue weighted by molar-refractivity contribution is 0.0603. The van der Waals surface area contributed by atoms with Crippen LogP contribution in [0.1, 0.15) is 10.4 Å². The first-order valence-corrected chi connectivity index (χ1v) is 7.75. The minimum Gasteiger partial charge on any atom is -0.465 e. The molecule has 2 aromatic carbocycles. The van der Waals surface area contributed by atoms with Gasteiger partial charge in [0.05, 0.1) is 12.7 Å². The predicted octanol–water partition coefficient (Wildman–Crippen LogP) is 3.53. The Kier molecular flexibility index (Phi) is 3.54. The van der Waals surface area contributed by atoms with Crippen LogP contribution in [0.4, 0.5) is 0 Å². The number of rotatable bonds is 2. The smallest absolute Gasteiger partial charge is 0.338 e. The van der Waals surface area contributed by atoms with E-state index in [-0.39, 0.29) is 5.56 Å². The van der Waals surface area contributed by atoms with Gasteiger partial charge in [0, 0.05) is 30.0 Å². The highest BCUT2D eigenvalue weighted by atomic mass is 16.5. The van der Waals surface area contributed by atoms with E-state index < -0.39 is 5.97 Å². The van der Waals surface area contributed by atoms with Gasteiger partial charge >= 0.3 is 5.97 Å². The van der Waals surface area contributed by atoms with E-state index in [0.29, 0.717) is 10.9 Å². The molecule has 2 heterocycles. The topological polar surface area (TPSA) is 72.1 Å². The monoisotopic (exact) mass is 330 g/mol. The molecule has 0 saturated heterocycles. The summed E-state index contributed by atoms with van der Waals surface area (Å²) in [5, 5.41) is 3.23. The Labute approximate surface area is 142 Å². The normalized spacial score (nSPS) is 10.9. The second kappa shape index (κ2) is 5.87. The quantitative estimate of drug-likeness (QED) is 0.451. The maximum Gasteiger partial charge on any atom is 0.338 e. The van der Waals surface area contributed by atoms with Crippen molar-refractivity contribution < 1.29 is 9.53 Å². The Morgan fingerprint density at radius 2 is 1.76 bits per heavy atom. The second-order valence-electron chi connectivity index (χ2n) is 5.71. The molecule has 0 unspecified atom stereocenters. The van der Waals surface area contributed by atoms with E-state index in [1.54, 1.807) is 24.7 Å². The summed E-state index contributed by atoms with van der Waals surface area (Å²) < 4.78 is 4.91. The minimum atomic E-state index is -0.427. The lowest BCUT2D eigenvalue weighted by Gasteiger charge is -2.11. The number of aromatic amines is 1. The molecule has 25 heavy (non-hydrogen) atoms. The molecule has 0 spiro atoms. The fourth-order valence-electron chi connectivity index (χ4n) is 3.08. The number of nitrogens with one attached hydrogen (secondary N) is 1. The number of fused-ring (bicyclic) bond motifs is 3. The van der Waals surface area contributed by atoms with Crippen LogP contribution in [0.3, 0.4) is 0 Å². The van der Waals surface area contributed by atoms with E-state index in [1.165, 1.54) is 13.2 Å². The summed E-state index contributed by atoms with van der Waals surface area (Å²) in [7, 11) is 1.35. The van der Waals surface area contributed by atoms with Gasteiger partial charge in [-0.3, -0.25) is 9.78 Å². The third-order valence-corrected chi connectivity index (χ3v) is 4.28. The number of methoxy groups -OCH3 is 1. The van der Waals surface area contributed by atoms with Gasteiger partial charge in [0.15, 0.2) is 0 Å². The Bertz CT molecular complexity index is 1160. The van der Waals surface area contributed by atoms with Crippen LogP contribution in [-0.4, -0.2) is 23.0 Å². The maximum atomic E-state index is 12.2. The van der Waals surface area contributed by atoms with Gasteiger partial charge in [-0.05, 0) is 51.6 Å². The van der Waals surface area contributed by atoms with Crippen LogP contribution in [0.5, 0.6) is 0 Å². The Hall–Kier alpha value is -3.47. The van der Waals surface area contributed by atoms with E-state index in [9.17, 15) is 9.59 Å². The van der Waals surface area contributed by atoms with Gasteiger partial charge in [-0.2, -0.15) is 0 Å². The highest BCUT2D eigenvalue weighted by Gasteiger charge is 2.14. The summed E-state index contributed by atoms with van der Waals surface area (Å²) in [6, 6.07) is 12.9. The number of carbonyl (C=O) groups excluding carboxylic acids is 1. The van der Waals surface area contributed by atoms with Gasteiger partial charge < -0.3 is 9.72 Å². The van der Waals surface area contributed by atoms with Crippen molar-refractivity contribution in [2.45, 2.75) is 0 Å². The fourth-order valence-corrected chi connectivity index (χ4v) is 3.08. The molecule has 5 heteroatoms. The van der Waals surface area contributed by atoms with Crippen molar-refractivity contribution in [2.75, 3.05) is 7.11 Å². The molecule has 0 radical (unpaired) electrons. The largest absolute Gasteiger partial charge is 0.465 e. The van der Waals surface area contributed by atoms with E-state index in [0.717, 1.165) is 27.3 Å². The van der Waals surface area contributed by atoms with Crippen LogP contribution in [0.2, 0.25) is 0 Å². The van der Waals surface area contributed by atoms with Crippen molar-refractivity contribution in [2.24, 2.45) is 0 Å². The number of pyridine rings is 2. The molecule has 0 aliphatic carbocycles. The highest BCUT2D eigenvalue weighted by molar-refractivity contribution is 6.16. The number of ether oxygens (including phenoxy) is 1. The molecule has 0 aliphatic rings. The third kappa shape index (κ3) is 2.55. The van der Waals surface area contributed by atoms with Crippen molar-refractivity contribution in [3.63, 3.8) is 0 Å². The van der Waals surface area contributed by atoms with Gasteiger partial charge in [-0.15, -0.1) is 0 Å². The van der Waals surface area contributed by atoms with Crippen molar-refractivity contribution >= 4 is 27.5 Å². The number of benzene rings is 2. The molecule has 2 aromatic heterocycles. The molecular formula is C20H14N2O3. The maximum absolute atomic E-state index is 12.2. The molecule has 0 amide bonds. The molecule has 0 atom stereocenters. The van der Waals surface area contributed by atoms with Gasteiger partial charge in [-0.25, -0.2) is 4.79 Å². The van der Waals surface area contributed by atoms with Gasteiger partial charge in [0.2, 0.25) is 5.56 Å². The number of aromatic nitrogens is 2. The molecule has 122 valence electrons. The summed E-state index contributed by atoms with van der Waals surface area (Å²) in [6.07, 6.45) is 5.15. The predicted molar refractivity (Wildman–Crippen MR) is 96.6 cm³/mol. The SMILES string of the molecule is COC(=O)c1cc2cc(=O)[nH]cc2c2cc(-c3ccncc3)ccc12. The lowest BCUT2D eigenvalue weighted by Crippen LogP contribution is -2.05. The molecule has 4 rings (SSSR count). The summed E-state index contributed by atoms with van der Waals surface area (Å²) >= 11 is 0. The second-order valence-corrected chi connectivity index (χ2v) is 5.71. The van der Waals surface area contributed by atoms with Crippen LogP contribution < -0.4 is 5.56 Å². The molecule has 4 aromatic rings. The summed E-state index contributed by atoms with van der Waals surface area (Å²) in [5.74, 6) is -0.427. The molecule has 0 fully saturated rings. The number of nitrogens with zero attached hydrogens (tertiary/aromatic N) is 1. The lowest BCUT2D eigenvalue weighted by atomic mass is 9.95. The summed E-state index contributed by atoms with van der Waals surface area (Å²) in [5.41, 5.74) is 2.26. The first kappa shape index (κ1) is 15.1. The van der Waals surface area contributed by atoms with Crippen molar-refractivity contribution in [3.8, 4) is 11.1 Å². The van der Waals surface area contributed by atoms with Crippen LogP contribution in [0.15, 0.2) is 65.8 Å². The van der Waals surface area contributed by atoms with Crippen molar-refractivity contribution in [1.29, 1.82) is 0 Å². The first-order valence-electron chi connectivity index (χ1n) is 7.75. The fraction of sp³-hybridized carbons (Fsp3) is 0.0500. The van der Waals surface area contributed by atoms with Crippen LogP contribution in [0.25, 0.3) is 32.7 Å². The number of esters is 1. The van der Waals surface area contributed by atoms with Crippen LogP contribution in [-0.2, 0) is 4.74 Å². The Morgan fingerprint density at radius 1 is 0.960 bits per heavy atom. The van der Waals surface area contributed by atoms with Crippen LogP contribution in [0, 0.1) is 0 Å². The standard InChI is InChI=1S/C20H14N2O3/c1-25-20(24)17-9-14-10-19(23)22-11-18(14)16-8-13(2-3-15(16)17)12-4-6-21-7-5-12/h2-11H,1H3,(H,22,23). The minimum absolute atomic E-state index is 0.215. The first-order chi connectivity index (χ1) is 12.2. The molecule has 0 saturated carbocycles. The Morgan fingerprint density at radius 3 is 2.52 bits per heavy atom. The summed E-state index contributed by atoms with van der Waals surface area (Å²) in [4.78, 5) is 30.6. The number of carbonyl (C=O) groups is 1. The van der Waals surface area contributed by atoms with Gasteiger partial charge in [0.1, 0.15) is 0 Å². The number of H-pyrrole nitrogens is 1. The highest BCUT2D eigenvalue weighted by Crippen LogP contribution is 2.32. The summed E-state index contributed by atoms with van der Waals surface area (Å²) in [6.45, 7) is 0. The molecule has 5 nitrogen and oxygen atoms in total. The zero-order valence-corrected chi connectivity index (χ0v) is 13.4. The van der Waals surface area contributed by atoms with Crippen molar-refractivity contribution in [3.05, 3.63) is 77.0 Å². The Balaban J connectivity index is 2.10. The molecule has 1 N–H and O–H groups in total. The number of hydrogen-bond donors (Lipinski definition) is 1. The zero-order chi connectivity index (χ0) is 17.4. The van der Waals surface area contributed by atoms with E-state index in [1.807, 2.05) is 30.3 Å². The van der Waals surface area contributed by atoms with Crippen LogP contribution >= 0.6 is 0 Å². The molecular weight excluding hydrogens is 316 g/mol. The third-order valence-electron chi connectivity index (χ3n) is 4.28. The zero-order valence-electron chi connectivity index (χ0n) is 13.4. The number of hydrogen-bond acceptors (Lipinski definition) is 4. The molecule has 0 bridgehead atoms. The van der Waals surface area contributed by atoms with E-state index >= 15 is 0 Å². The van der Waals surface area contributed by atoms with Gasteiger partial charge in [-0.1, -0.05) is 12.1 Å². The van der Waals surface area contributed by atoms with E-state index in [4.69, 9.17) is 4.74 Å². The average Bonchev–Trinajstić information content (AvgIpc) is 2.66. The average molecular weight is 330 g/mol. The van der Waals surface area contributed by atoms with Crippen molar-refractivity contribution in [1.82, 2.24) is 9.97 Å².